The van der Waals surface area contributed by atoms with Gasteiger partial charge in [-0.15, -0.1) is 0 Å². The molecule has 0 amide bonds. The van der Waals surface area contributed by atoms with Gasteiger partial charge >= 0.3 is 0 Å². The Balaban J connectivity index is 2.05. The highest BCUT2D eigenvalue weighted by Crippen LogP contribution is 2.30. The third-order valence-corrected chi connectivity index (χ3v) is 3.27. The maximum absolute atomic E-state index is 5.61. The zero-order valence-electron chi connectivity index (χ0n) is 8.71. The van der Waals surface area contributed by atoms with Crippen LogP contribution in [0.25, 0.3) is 0 Å². The standard InChI is InChI=1S/C13H19N/c14-9-8-12-6-1-2-7-13(12)10-11-4-3-5-11/h1-2,6-7,11H,3-5,8-10,14H2. The van der Waals surface area contributed by atoms with Crippen molar-refractivity contribution in [3.63, 3.8) is 0 Å². The summed E-state index contributed by atoms with van der Waals surface area (Å²) in [4.78, 5) is 0. The van der Waals surface area contributed by atoms with E-state index in [-0.39, 0.29) is 0 Å². The van der Waals surface area contributed by atoms with Gasteiger partial charge < -0.3 is 5.73 Å². The van der Waals surface area contributed by atoms with E-state index in [1.54, 1.807) is 0 Å². The summed E-state index contributed by atoms with van der Waals surface area (Å²) in [6, 6.07) is 8.76. The molecule has 76 valence electrons. The first kappa shape index (κ1) is 9.72. The highest BCUT2D eigenvalue weighted by atomic mass is 14.5. The Labute approximate surface area is 86.3 Å². The third kappa shape index (κ3) is 2.16. The van der Waals surface area contributed by atoms with Gasteiger partial charge in [0.15, 0.2) is 0 Å². The summed E-state index contributed by atoms with van der Waals surface area (Å²) in [5, 5.41) is 0. The molecule has 2 rings (SSSR count). The van der Waals surface area contributed by atoms with Crippen LogP contribution in [0.5, 0.6) is 0 Å². The summed E-state index contributed by atoms with van der Waals surface area (Å²) in [7, 11) is 0. The normalized spacial score (nSPS) is 16.6. The van der Waals surface area contributed by atoms with E-state index in [1.807, 2.05) is 0 Å². The monoisotopic (exact) mass is 189 g/mol. The van der Waals surface area contributed by atoms with Gasteiger partial charge in [0.25, 0.3) is 0 Å². The quantitative estimate of drug-likeness (QED) is 0.774. The molecule has 14 heavy (non-hydrogen) atoms. The van der Waals surface area contributed by atoms with Crippen LogP contribution >= 0.6 is 0 Å². The van der Waals surface area contributed by atoms with Crippen LogP contribution < -0.4 is 5.73 Å². The Morgan fingerprint density at radius 1 is 1.14 bits per heavy atom. The second-order valence-electron chi connectivity index (χ2n) is 4.31. The summed E-state index contributed by atoms with van der Waals surface area (Å²) in [6.07, 6.45) is 6.59. The van der Waals surface area contributed by atoms with Crippen LogP contribution in [0.4, 0.5) is 0 Å². The molecular weight excluding hydrogens is 170 g/mol. The van der Waals surface area contributed by atoms with E-state index in [9.17, 15) is 0 Å². The molecule has 0 unspecified atom stereocenters. The zero-order valence-corrected chi connectivity index (χ0v) is 8.71. The molecule has 1 aromatic rings. The second kappa shape index (κ2) is 4.61. The maximum Gasteiger partial charge on any atom is -0.00366 e. The third-order valence-electron chi connectivity index (χ3n) is 3.27. The van der Waals surface area contributed by atoms with Gasteiger partial charge in [0.1, 0.15) is 0 Å². The lowest BCUT2D eigenvalue weighted by Crippen LogP contribution is -2.15. The minimum absolute atomic E-state index is 0.766. The molecule has 0 bridgehead atoms. The number of nitrogens with two attached hydrogens (primary N) is 1. The molecule has 0 spiro atoms. The van der Waals surface area contributed by atoms with E-state index < -0.39 is 0 Å². The van der Waals surface area contributed by atoms with Crippen molar-refractivity contribution in [2.45, 2.75) is 32.1 Å². The highest BCUT2D eigenvalue weighted by Gasteiger charge is 2.18. The molecule has 0 aromatic heterocycles. The van der Waals surface area contributed by atoms with Crippen LogP contribution in [0.15, 0.2) is 24.3 Å². The van der Waals surface area contributed by atoms with Gasteiger partial charge in [-0.25, -0.2) is 0 Å². The van der Waals surface area contributed by atoms with Gasteiger partial charge in [0.2, 0.25) is 0 Å². The molecule has 1 nitrogen and oxygen atoms in total. The summed E-state index contributed by atoms with van der Waals surface area (Å²) >= 11 is 0. The van der Waals surface area contributed by atoms with Crippen molar-refractivity contribution in [1.82, 2.24) is 0 Å². The Bertz CT molecular complexity index is 289. The molecule has 1 aliphatic rings. The van der Waals surface area contributed by atoms with E-state index in [1.165, 1.54) is 36.8 Å². The van der Waals surface area contributed by atoms with Crippen LogP contribution in [0, 0.1) is 5.92 Å². The van der Waals surface area contributed by atoms with Gasteiger partial charge in [-0.2, -0.15) is 0 Å². The Kier molecular flexibility index (Phi) is 3.20. The van der Waals surface area contributed by atoms with Crippen molar-refractivity contribution < 1.29 is 0 Å². The first-order valence-electron chi connectivity index (χ1n) is 5.67. The van der Waals surface area contributed by atoms with Crippen molar-refractivity contribution >= 4 is 0 Å². The molecule has 1 aliphatic carbocycles. The topological polar surface area (TPSA) is 26.0 Å². The van der Waals surface area contributed by atoms with E-state index in [0.717, 1.165) is 18.9 Å². The fraction of sp³-hybridized carbons (Fsp3) is 0.538. The zero-order chi connectivity index (χ0) is 9.80. The summed E-state index contributed by atoms with van der Waals surface area (Å²) < 4.78 is 0. The first-order valence-corrected chi connectivity index (χ1v) is 5.67. The molecule has 1 fully saturated rings. The van der Waals surface area contributed by atoms with Gasteiger partial charge in [0, 0.05) is 0 Å². The van der Waals surface area contributed by atoms with Crippen molar-refractivity contribution in [3.8, 4) is 0 Å². The Morgan fingerprint density at radius 3 is 2.43 bits per heavy atom. The molecule has 0 heterocycles. The predicted molar refractivity (Wildman–Crippen MR) is 60.2 cm³/mol. The molecule has 0 saturated heterocycles. The molecular formula is C13H19N. The highest BCUT2D eigenvalue weighted by molar-refractivity contribution is 5.28. The van der Waals surface area contributed by atoms with Crippen molar-refractivity contribution in [2.24, 2.45) is 11.7 Å². The fourth-order valence-corrected chi connectivity index (χ4v) is 2.16. The van der Waals surface area contributed by atoms with Gasteiger partial charge in [-0.3, -0.25) is 0 Å². The number of hydrogen-bond acceptors (Lipinski definition) is 1. The minimum Gasteiger partial charge on any atom is -0.330 e. The van der Waals surface area contributed by atoms with Crippen LogP contribution in [0.1, 0.15) is 30.4 Å². The fourth-order valence-electron chi connectivity index (χ4n) is 2.16. The van der Waals surface area contributed by atoms with E-state index in [4.69, 9.17) is 5.73 Å². The summed E-state index contributed by atoms with van der Waals surface area (Å²) in [5.41, 5.74) is 8.60. The number of rotatable bonds is 4. The summed E-state index contributed by atoms with van der Waals surface area (Å²) in [6.45, 7) is 0.766. The SMILES string of the molecule is NCCc1ccccc1CC1CCC1. The van der Waals surface area contributed by atoms with Crippen molar-refractivity contribution in [1.29, 1.82) is 0 Å². The molecule has 0 atom stereocenters. The molecule has 0 radical (unpaired) electrons. The van der Waals surface area contributed by atoms with Crippen molar-refractivity contribution in [2.75, 3.05) is 6.54 Å². The predicted octanol–water partition coefficient (Wildman–Crippen LogP) is 2.53. The van der Waals surface area contributed by atoms with Gasteiger partial charge in [-0.05, 0) is 36.4 Å². The largest absolute Gasteiger partial charge is 0.330 e. The lowest BCUT2D eigenvalue weighted by atomic mass is 9.80. The van der Waals surface area contributed by atoms with Gasteiger partial charge in [0.05, 0.1) is 0 Å². The number of benzene rings is 1. The summed E-state index contributed by atoms with van der Waals surface area (Å²) in [5.74, 6) is 0.953. The van der Waals surface area contributed by atoms with Crippen LogP contribution in [0.3, 0.4) is 0 Å². The molecule has 2 N–H and O–H groups in total. The van der Waals surface area contributed by atoms with Gasteiger partial charge in [-0.1, -0.05) is 43.5 Å². The Morgan fingerprint density at radius 2 is 1.86 bits per heavy atom. The lowest BCUT2D eigenvalue weighted by molar-refractivity contribution is 0.314. The van der Waals surface area contributed by atoms with E-state index in [0.29, 0.717) is 0 Å². The number of hydrogen-bond donors (Lipinski definition) is 1. The second-order valence-corrected chi connectivity index (χ2v) is 4.31. The molecule has 1 aromatic carbocycles. The van der Waals surface area contributed by atoms with Crippen LogP contribution in [-0.4, -0.2) is 6.54 Å². The average molecular weight is 189 g/mol. The average Bonchev–Trinajstić information content (AvgIpc) is 2.14. The molecule has 1 saturated carbocycles. The van der Waals surface area contributed by atoms with E-state index in [2.05, 4.69) is 24.3 Å². The van der Waals surface area contributed by atoms with Crippen LogP contribution in [0.2, 0.25) is 0 Å². The smallest absolute Gasteiger partial charge is 0.00366 e. The molecule has 1 heteroatoms. The lowest BCUT2D eigenvalue weighted by Gasteiger charge is -2.26. The first-order chi connectivity index (χ1) is 6.90. The van der Waals surface area contributed by atoms with Crippen molar-refractivity contribution in [3.05, 3.63) is 35.4 Å². The maximum atomic E-state index is 5.61. The van der Waals surface area contributed by atoms with E-state index >= 15 is 0 Å². The Hall–Kier alpha value is -0.820. The minimum atomic E-state index is 0.766. The molecule has 0 aliphatic heterocycles. The van der Waals surface area contributed by atoms with Crippen LogP contribution in [-0.2, 0) is 12.8 Å².